The van der Waals surface area contributed by atoms with Gasteiger partial charge in [-0.2, -0.15) is 0 Å². The number of aliphatic hydroxyl groups excluding tert-OH is 1. The highest BCUT2D eigenvalue weighted by atomic mass is 16.5. The van der Waals surface area contributed by atoms with E-state index < -0.39 is 0 Å². The molecule has 0 aromatic carbocycles. The van der Waals surface area contributed by atoms with Crippen LogP contribution in [0.5, 0.6) is 0 Å². The van der Waals surface area contributed by atoms with Crippen LogP contribution in [0.3, 0.4) is 0 Å². The number of nitrogens with zero attached hydrogens (tertiary/aromatic N) is 4. The van der Waals surface area contributed by atoms with Crippen molar-refractivity contribution in [1.29, 1.82) is 0 Å². The first kappa shape index (κ1) is 17.8. The lowest BCUT2D eigenvalue weighted by molar-refractivity contribution is -0.117. The molecule has 8 heteroatoms. The van der Waals surface area contributed by atoms with Gasteiger partial charge in [-0.3, -0.25) is 14.7 Å². The molecular weight excluding hydrogens is 346 g/mol. The topological polar surface area (TPSA) is 100 Å². The van der Waals surface area contributed by atoms with Gasteiger partial charge in [-0.1, -0.05) is 0 Å². The van der Waals surface area contributed by atoms with E-state index in [1.165, 1.54) is 0 Å². The van der Waals surface area contributed by atoms with Crippen LogP contribution < -0.4 is 10.2 Å². The third kappa shape index (κ3) is 3.91. The number of carbonyl (C=O) groups excluding carboxylic acids is 1. The van der Waals surface area contributed by atoms with E-state index in [0.717, 1.165) is 38.0 Å². The lowest BCUT2D eigenvalue weighted by Gasteiger charge is -2.30. The van der Waals surface area contributed by atoms with Crippen molar-refractivity contribution in [3.8, 4) is 11.3 Å². The molecule has 1 amide bonds. The van der Waals surface area contributed by atoms with Gasteiger partial charge in [-0.05, 0) is 37.3 Å². The molecule has 2 aromatic rings. The Morgan fingerprint density at radius 1 is 1.26 bits per heavy atom. The molecule has 0 spiro atoms. The fourth-order valence-corrected chi connectivity index (χ4v) is 3.45. The normalized spacial score (nSPS) is 17.5. The van der Waals surface area contributed by atoms with Crippen molar-refractivity contribution >= 4 is 17.5 Å². The zero-order valence-corrected chi connectivity index (χ0v) is 15.1. The van der Waals surface area contributed by atoms with E-state index in [1.807, 2.05) is 6.07 Å². The van der Waals surface area contributed by atoms with E-state index in [0.29, 0.717) is 35.5 Å². The van der Waals surface area contributed by atoms with Crippen molar-refractivity contribution in [2.24, 2.45) is 5.92 Å². The maximum absolute atomic E-state index is 12.5. The number of rotatable bonds is 5. The Hall–Kier alpha value is -2.58. The van der Waals surface area contributed by atoms with Crippen LogP contribution in [0.4, 0.5) is 11.6 Å². The summed E-state index contributed by atoms with van der Waals surface area (Å²) in [5, 5.41) is 12.2. The average molecular weight is 371 g/mol. The van der Waals surface area contributed by atoms with E-state index in [9.17, 15) is 4.79 Å². The summed E-state index contributed by atoms with van der Waals surface area (Å²) in [5.74, 6) is 1.79. The minimum absolute atomic E-state index is 0. The molecule has 0 radical (unpaired) electrons. The largest absolute Gasteiger partial charge is 0.390 e. The minimum Gasteiger partial charge on any atom is -0.390 e. The van der Waals surface area contributed by atoms with Crippen LogP contribution in [-0.2, 0) is 16.1 Å². The zero-order chi connectivity index (χ0) is 18.6. The summed E-state index contributed by atoms with van der Waals surface area (Å²) in [7, 11) is 0. The van der Waals surface area contributed by atoms with Gasteiger partial charge in [0.05, 0.1) is 30.7 Å². The number of aromatic nitrogens is 3. The van der Waals surface area contributed by atoms with Gasteiger partial charge < -0.3 is 15.2 Å². The van der Waals surface area contributed by atoms with Crippen LogP contribution in [0.1, 0.15) is 26.4 Å². The minimum atomic E-state index is -0.103. The number of pyridine rings is 1. The molecule has 4 heterocycles. The molecule has 0 bridgehead atoms. The third-order valence-corrected chi connectivity index (χ3v) is 5.10. The highest BCUT2D eigenvalue weighted by molar-refractivity contribution is 6.00. The lowest BCUT2D eigenvalue weighted by atomic mass is 9.96. The van der Waals surface area contributed by atoms with Gasteiger partial charge in [0.2, 0.25) is 5.91 Å². The summed E-state index contributed by atoms with van der Waals surface area (Å²) < 4.78 is 5.42. The molecule has 0 aliphatic carbocycles. The Labute approximate surface area is 159 Å². The number of amides is 1. The molecule has 2 aromatic heterocycles. The monoisotopic (exact) mass is 371 g/mol. The van der Waals surface area contributed by atoms with Crippen LogP contribution in [0.2, 0.25) is 0 Å². The van der Waals surface area contributed by atoms with E-state index in [2.05, 4.69) is 20.3 Å². The smallest absolute Gasteiger partial charge is 0.247 e. The Balaban J connectivity index is 0.00000225. The van der Waals surface area contributed by atoms with Gasteiger partial charge in [-0.25, -0.2) is 9.97 Å². The molecule has 0 saturated carbocycles. The molecule has 2 aliphatic heterocycles. The van der Waals surface area contributed by atoms with Crippen molar-refractivity contribution in [2.45, 2.75) is 25.9 Å². The summed E-state index contributed by atoms with van der Waals surface area (Å²) >= 11 is 0. The van der Waals surface area contributed by atoms with E-state index in [1.54, 1.807) is 23.4 Å². The van der Waals surface area contributed by atoms with Crippen molar-refractivity contribution in [1.82, 2.24) is 15.0 Å². The molecule has 1 fully saturated rings. The van der Waals surface area contributed by atoms with E-state index >= 15 is 0 Å². The molecule has 4 rings (SSSR count). The Morgan fingerprint density at radius 3 is 2.85 bits per heavy atom. The summed E-state index contributed by atoms with van der Waals surface area (Å²) in [6.07, 6.45) is 6.36. The standard InChI is InChI=1S/C19H23N5O3.H2/c25-12-15-2-1-14(9-20-15)16-10-21-18-19(23-16)24(17(26)11-22-18)6-3-13-4-7-27-8-5-13;/h1-2,9-10,13,25H,3-8,11-12H2,(H,21,22);1H. The molecule has 144 valence electrons. The molecule has 0 unspecified atom stereocenters. The highest BCUT2D eigenvalue weighted by Crippen LogP contribution is 2.29. The predicted molar refractivity (Wildman–Crippen MR) is 102 cm³/mol. The molecule has 2 aliphatic rings. The van der Waals surface area contributed by atoms with Crippen molar-refractivity contribution in [3.05, 3.63) is 30.2 Å². The summed E-state index contributed by atoms with van der Waals surface area (Å²) in [6.45, 7) is 2.38. The lowest BCUT2D eigenvalue weighted by Crippen LogP contribution is -2.42. The van der Waals surface area contributed by atoms with Gasteiger partial charge in [0.25, 0.3) is 0 Å². The number of nitrogens with one attached hydrogen (secondary N) is 1. The second-order valence-corrected chi connectivity index (χ2v) is 6.87. The van der Waals surface area contributed by atoms with Crippen molar-refractivity contribution in [2.75, 3.05) is 36.5 Å². The first-order chi connectivity index (χ1) is 13.2. The Bertz CT molecular complexity index is 812. The Morgan fingerprint density at radius 2 is 2.11 bits per heavy atom. The van der Waals surface area contributed by atoms with Gasteiger partial charge in [0, 0.05) is 32.9 Å². The van der Waals surface area contributed by atoms with Gasteiger partial charge in [0.15, 0.2) is 11.6 Å². The first-order valence-electron chi connectivity index (χ1n) is 9.30. The number of hydrogen-bond donors (Lipinski definition) is 2. The number of hydrogen-bond acceptors (Lipinski definition) is 7. The molecule has 0 atom stereocenters. The highest BCUT2D eigenvalue weighted by Gasteiger charge is 2.28. The summed E-state index contributed by atoms with van der Waals surface area (Å²) in [6, 6.07) is 3.60. The van der Waals surface area contributed by atoms with Gasteiger partial charge >= 0.3 is 0 Å². The van der Waals surface area contributed by atoms with Crippen molar-refractivity contribution < 1.29 is 16.1 Å². The zero-order valence-electron chi connectivity index (χ0n) is 15.1. The van der Waals surface area contributed by atoms with Crippen LogP contribution >= 0.6 is 0 Å². The molecule has 1 saturated heterocycles. The first-order valence-corrected chi connectivity index (χ1v) is 9.30. The van der Waals surface area contributed by atoms with E-state index in [4.69, 9.17) is 9.84 Å². The molecule has 8 nitrogen and oxygen atoms in total. The number of ether oxygens (including phenoxy) is 1. The number of aliphatic hydroxyl groups is 1. The SMILES string of the molecule is O=C1CNc2ncc(-c3ccc(CO)nc3)nc2N1CCC1CCOCC1.[HH]. The number of fused-ring (bicyclic) bond motifs is 1. The maximum atomic E-state index is 12.5. The fourth-order valence-electron chi connectivity index (χ4n) is 3.45. The van der Waals surface area contributed by atoms with Crippen LogP contribution in [0.15, 0.2) is 24.5 Å². The van der Waals surface area contributed by atoms with E-state index in [-0.39, 0.29) is 20.5 Å². The third-order valence-electron chi connectivity index (χ3n) is 5.10. The summed E-state index contributed by atoms with van der Waals surface area (Å²) in [5.41, 5.74) is 2.04. The molecular formula is C19H25N5O3. The maximum Gasteiger partial charge on any atom is 0.247 e. The van der Waals surface area contributed by atoms with Crippen LogP contribution in [0.25, 0.3) is 11.3 Å². The number of anilines is 2. The Kier molecular flexibility index (Phi) is 5.26. The molecule has 27 heavy (non-hydrogen) atoms. The average Bonchev–Trinajstić information content (AvgIpc) is 2.73. The number of carbonyl (C=O) groups is 1. The fraction of sp³-hybridized carbons (Fsp3) is 0.474. The predicted octanol–water partition coefficient (Wildman–Crippen LogP) is 1.85. The van der Waals surface area contributed by atoms with Crippen molar-refractivity contribution in [3.63, 3.8) is 0 Å². The molecule has 2 N–H and O–H groups in total. The van der Waals surface area contributed by atoms with Crippen LogP contribution in [0, 0.1) is 5.92 Å². The quantitative estimate of drug-likeness (QED) is 0.827. The second kappa shape index (κ2) is 7.98. The van der Waals surface area contributed by atoms with Gasteiger partial charge in [-0.15, -0.1) is 0 Å². The summed E-state index contributed by atoms with van der Waals surface area (Å²) in [4.78, 5) is 27.6. The van der Waals surface area contributed by atoms with Crippen LogP contribution in [-0.4, -0.2) is 52.3 Å². The second-order valence-electron chi connectivity index (χ2n) is 6.87. The van der Waals surface area contributed by atoms with Gasteiger partial charge in [0.1, 0.15) is 0 Å².